The zero-order chi connectivity index (χ0) is 21.0. The van der Waals surface area contributed by atoms with Crippen LogP contribution in [0.2, 0.25) is 0 Å². The number of benzene rings is 1. The first-order valence-corrected chi connectivity index (χ1v) is 11.1. The maximum Gasteiger partial charge on any atom is 0.319 e. The molecule has 29 heavy (non-hydrogen) atoms. The van der Waals surface area contributed by atoms with Gasteiger partial charge in [0.15, 0.2) is 4.34 Å². The standard InChI is InChI=1S/C19H18BrFN4O2S2/c1-19(2,17(26)27)29-18-23-12(10-28-18)7-8-22-16-6-5-15(24-25-16)13-4-3-11(20)9-14(13)21/h3-6,9-10H,7-8H2,1-2H3,(H,22,25)(H,26,27). The van der Waals surface area contributed by atoms with Crippen molar-refractivity contribution in [2.24, 2.45) is 0 Å². The normalized spacial score (nSPS) is 11.4. The van der Waals surface area contributed by atoms with Crippen LogP contribution < -0.4 is 5.32 Å². The van der Waals surface area contributed by atoms with Crippen LogP contribution in [0.5, 0.6) is 0 Å². The van der Waals surface area contributed by atoms with Crippen molar-refractivity contribution in [1.29, 1.82) is 0 Å². The zero-order valence-electron chi connectivity index (χ0n) is 15.6. The molecule has 0 atom stereocenters. The van der Waals surface area contributed by atoms with Gasteiger partial charge in [0.25, 0.3) is 0 Å². The molecular weight excluding hydrogens is 479 g/mol. The topological polar surface area (TPSA) is 88.0 Å². The van der Waals surface area contributed by atoms with Gasteiger partial charge in [0.2, 0.25) is 0 Å². The maximum absolute atomic E-state index is 14.0. The Morgan fingerprint density at radius 3 is 2.76 bits per heavy atom. The average Bonchev–Trinajstić information content (AvgIpc) is 3.09. The molecule has 6 nitrogen and oxygen atoms in total. The Morgan fingerprint density at radius 1 is 1.31 bits per heavy atom. The van der Waals surface area contributed by atoms with E-state index in [2.05, 4.69) is 36.4 Å². The number of halogens is 2. The van der Waals surface area contributed by atoms with E-state index < -0.39 is 10.7 Å². The smallest absolute Gasteiger partial charge is 0.319 e. The van der Waals surface area contributed by atoms with Crippen LogP contribution in [0.25, 0.3) is 11.3 Å². The number of nitrogens with zero attached hydrogens (tertiary/aromatic N) is 3. The molecule has 0 bridgehead atoms. The van der Waals surface area contributed by atoms with E-state index in [1.807, 2.05) is 5.38 Å². The molecule has 0 saturated carbocycles. The fourth-order valence-electron chi connectivity index (χ4n) is 2.30. The second-order valence-corrected chi connectivity index (χ2v) is 10.3. The molecular formula is C19H18BrFN4O2S2. The van der Waals surface area contributed by atoms with Crippen molar-refractivity contribution in [3.8, 4) is 11.3 Å². The molecule has 0 aliphatic heterocycles. The van der Waals surface area contributed by atoms with Gasteiger partial charge in [-0.2, -0.15) is 0 Å². The van der Waals surface area contributed by atoms with Gasteiger partial charge in [-0.3, -0.25) is 4.79 Å². The fraction of sp³-hybridized carbons (Fsp3) is 0.263. The van der Waals surface area contributed by atoms with Crippen LogP contribution in [0.4, 0.5) is 10.2 Å². The molecule has 2 N–H and O–H groups in total. The van der Waals surface area contributed by atoms with E-state index in [0.29, 0.717) is 34.5 Å². The highest BCUT2D eigenvalue weighted by Crippen LogP contribution is 2.34. The van der Waals surface area contributed by atoms with E-state index in [1.54, 1.807) is 38.1 Å². The molecule has 3 aromatic rings. The summed E-state index contributed by atoms with van der Waals surface area (Å²) in [6.07, 6.45) is 0.662. The molecule has 3 rings (SSSR count). The van der Waals surface area contributed by atoms with E-state index in [-0.39, 0.29) is 5.82 Å². The first kappa shape index (κ1) is 21.7. The number of hydrogen-bond acceptors (Lipinski definition) is 7. The van der Waals surface area contributed by atoms with E-state index in [1.165, 1.54) is 29.2 Å². The molecule has 10 heteroatoms. The van der Waals surface area contributed by atoms with Crippen molar-refractivity contribution < 1.29 is 14.3 Å². The summed E-state index contributed by atoms with van der Waals surface area (Å²) in [5.74, 6) is -0.647. The van der Waals surface area contributed by atoms with Crippen molar-refractivity contribution in [3.05, 3.63) is 51.7 Å². The minimum Gasteiger partial charge on any atom is -0.480 e. The molecule has 0 radical (unpaired) electrons. The summed E-state index contributed by atoms with van der Waals surface area (Å²) in [5, 5.41) is 22.5. The largest absolute Gasteiger partial charge is 0.480 e. The molecule has 0 aliphatic carbocycles. The summed E-state index contributed by atoms with van der Waals surface area (Å²) in [6.45, 7) is 3.91. The zero-order valence-corrected chi connectivity index (χ0v) is 18.9. The average molecular weight is 497 g/mol. The van der Waals surface area contributed by atoms with Crippen molar-refractivity contribution in [2.75, 3.05) is 11.9 Å². The Bertz CT molecular complexity index is 1010. The number of carboxylic acid groups (broad SMARTS) is 1. The third-order valence-corrected chi connectivity index (χ3v) is 6.61. The Labute approximate surface area is 184 Å². The van der Waals surface area contributed by atoms with Gasteiger partial charge in [0, 0.05) is 28.4 Å². The molecule has 0 unspecified atom stereocenters. The number of hydrogen-bond donors (Lipinski definition) is 2. The van der Waals surface area contributed by atoms with Crippen LogP contribution in [0.15, 0.2) is 44.5 Å². The quantitative estimate of drug-likeness (QED) is 0.418. The molecule has 2 aromatic heterocycles. The summed E-state index contributed by atoms with van der Waals surface area (Å²) in [5.41, 5.74) is 1.74. The first-order chi connectivity index (χ1) is 13.7. The van der Waals surface area contributed by atoms with Gasteiger partial charge in [0.1, 0.15) is 16.4 Å². The summed E-state index contributed by atoms with van der Waals surface area (Å²) in [7, 11) is 0. The second-order valence-electron chi connectivity index (χ2n) is 6.63. The SMILES string of the molecule is CC(C)(Sc1nc(CCNc2ccc(-c3ccc(Br)cc3F)nn2)cs1)C(=O)O. The molecule has 0 saturated heterocycles. The van der Waals surface area contributed by atoms with Gasteiger partial charge in [-0.15, -0.1) is 21.5 Å². The van der Waals surface area contributed by atoms with Gasteiger partial charge in [0.05, 0.1) is 11.4 Å². The van der Waals surface area contributed by atoms with E-state index >= 15 is 0 Å². The van der Waals surface area contributed by atoms with Crippen LogP contribution in [-0.4, -0.2) is 37.5 Å². The molecule has 1 aromatic carbocycles. The van der Waals surface area contributed by atoms with Gasteiger partial charge < -0.3 is 10.4 Å². The minimum atomic E-state index is -0.918. The van der Waals surface area contributed by atoms with Gasteiger partial charge in [-0.25, -0.2) is 9.37 Å². The second kappa shape index (κ2) is 9.19. The van der Waals surface area contributed by atoms with Crippen LogP contribution in [0.1, 0.15) is 19.5 Å². The number of rotatable bonds is 8. The molecule has 0 aliphatic rings. The number of carboxylic acids is 1. The highest BCUT2D eigenvalue weighted by atomic mass is 79.9. The number of anilines is 1. The Kier molecular flexibility index (Phi) is 6.86. The summed E-state index contributed by atoms with van der Waals surface area (Å²) >= 11 is 5.91. The molecule has 152 valence electrons. The maximum atomic E-state index is 14.0. The Hall–Kier alpha value is -2.04. The third-order valence-electron chi connectivity index (χ3n) is 3.95. The van der Waals surface area contributed by atoms with E-state index in [4.69, 9.17) is 0 Å². The molecule has 2 heterocycles. The Balaban J connectivity index is 1.54. The molecule has 0 spiro atoms. The first-order valence-electron chi connectivity index (χ1n) is 8.64. The number of nitrogens with one attached hydrogen (secondary N) is 1. The van der Waals surface area contributed by atoms with Crippen molar-refractivity contribution >= 4 is 50.8 Å². The summed E-state index contributed by atoms with van der Waals surface area (Å²) in [4.78, 5) is 15.7. The highest BCUT2D eigenvalue weighted by molar-refractivity contribution is 9.10. The third kappa shape index (κ3) is 5.74. The summed E-state index contributed by atoms with van der Waals surface area (Å²) < 4.78 is 14.5. The monoisotopic (exact) mass is 496 g/mol. The van der Waals surface area contributed by atoms with Crippen LogP contribution >= 0.6 is 39.0 Å². The van der Waals surface area contributed by atoms with Gasteiger partial charge in [-0.1, -0.05) is 27.7 Å². The molecule has 0 fully saturated rings. The van der Waals surface area contributed by atoms with Gasteiger partial charge in [-0.05, 0) is 44.2 Å². The number of aliphatic carboxylic acids is 1. The number of thioether (sulfide) groups is 1. The lowest BCUT2D eigenvalue weighted by Gasteiger charge is -2.15. The predicted molar refractivity (Wildman–Crippen MR) is 117 cm³/mol. The van der Waals surface area contributed by atoms with Crippen molar-refractivity contribution in [2.45, 2.75) is 29.4 Å². The molecule has 0 amide bonds. The van der Waals surface area contributed by atoms with Crippen LogP contribution in [0.3, 0.4) is 0 Å². The summed E-state index contributed by atoms with van der Waals surface area (Å²) in [6, 6.07) is 8.26. The lowest BCUT2D eigenvalue weighted by atomic mass is 10.1. The van der Waals surface area contributed by atoms with E-state index in [0.717, 1.165) is 10.0 Å². The fourth-order valence-corrected chi connectivity index (χ4v) is 4.86. The highest BCUT2D eigenvalue weighted by Gasteiger charge is 2.29. The van der Waals surface area contributed by atoms with Gasteiger partial charge >= 0.3 is 5.97 Å². The van der Waals surface area contributed by atoms with Crippen molar-refractivity contribution in [3.63, 3.8) is 0 Å². The number of carbonyl (C=O) groups is 1. The number of thiazole rings is 1. The van der Waals surface area contributed by atoms with Crippen molar-refractivity contribution in [1.82, 2.24) is 15.2 Å². The van der Waals surface area contributed by atoms with Crippen LogP contribution in [-0.2, 0) is 11.2 Å². The minimum absolute atomic E-state index is 0.363. The van der Waals surface area contributed by atoms with E-state index in [9.17, 15) is 14.3 Å². The van der Waals surface area contributed by atoms with Crippen LogP contribution in [0, 0.1) is 5.82 Å². The predicted octanol–water partition coefficient (Wildman–Crippen LogP) is 5.11. The number of aromatic nitrogens is 3. The lowest BCUT2D eigenvalue weighted by Crippen LogP contribution is -2.26. The lowest BCUT2D eigenvalue weighted by molar-refractivity contribution is -0.138. The Morgan fingerprint density at radius 2 is 2.10 bits per heavy atom.